The van der Waals surface area contributed by atoms with Crippen LogP contribution in [0.15, 0.2) is 59.6 Å². The van der Waals surface area contributed by atoms with Crippen molar-refractivity contribution in [1.29, 1.82) is 0 Å². The first-order chi connectivity index (χ1) is 14.1. The fourth-order valence-electron chi connectivity index (χ4n) is 2.59. The Hall–Kier alpha value is -2.49. The van der Waals surface area contributed by atoms with Crippen LogP contribution >= 0.6 is 24.0 Å². The highest BCUT2D eigenvalue weighted by atomic mass is 127. The van der Waals surface area contributed by atoms with E-state index in [0.717, 1.165) is 18.3 Å². The molecule has 30 heavy (non-hydrogen) atoms. The molecule has 8 heteroatoms. The molecule has 0 atom stereocenters. The van der Waals surface area contributed by atoms with Crippen molar-refractivity contribution in [1.82, 2.24) is 15.5 Å². The predicted octanol–water partition coefficient (Wildman–Crippen LogP) is 3.02. The summed E-state index contributed by atoms with van der Waals surface area (Å²) >= 11 is 0. The van der Waals surface area contributed by atoms with E-state index < -0.39 is 0 Å². The van der Waals surface area contributed by atoms with Gasteiger partial charge in [-0.15, -0.1) is 24.0 Å². The lowest BCUT2D eigenvalue weighted by atomic mass is 10.2. The van der Waals surface area contributed by atoms with Crippen molar-refractivity contribution in [3.63, 3.8) is 0 Å². The SMILES string of the molecule is CCNC(=NCCNC(=O)c1cccc(OC)c1)N(C)CCOc1ccccc1.I. The van der Waals surface area contributed by atoms with Gasteiger partial charge in [0.05, 0.1) is 20.2 Å². The van der Waals surface area contributed by atoms with E-state index in [9.17, 15) is 4.79 Å². The van der Waals surface area contributed by atoms with Gasteiger partial charge < -0.3 is 25.0 Å². The smallest absolute Gasteiger partial charge is 0.251 e. The van der Waals surface area contributed by atoms with Gasteiger partial charge >= 0.3 is 0 Å². The summed E-state index contributed by atoms with van der Waals surface area (Å²) < 4.78 is 10.9. The Labute approximate surface area is 195 Å². The summed E-state index contributed by atoms with van der Waals surface area (Å²) in [5.74, 6) is 2.14. The number of para-hydroxylation sites is 1. The summed E-state index contributed by atoms with van der Waals surface area (Å²) in [5, 5.41) is 6.14. The number of aliphatic imine (C=N–C) groups is 1. The second-order valence-corrected chi connectivity index (χ2v) is 6.31. The second-order valence-electron chi connectivity index (χ2n) is 6.31. The molecule has 2 N–H and O–H groups in total. The zero-order valence-corrected chi connectivity index (χ0v) is 20.1. The van der Waals surface area contributed by atoms with Crippen LogP contribution < -0.4 is 20.1 Å². The summed E-state index contributed by atoms with van der Waals surface area (Å²) in [6.45, 7) is 4.95. The van der Waals surface area contributed by atoms with Crippen LogP contribution in [-0.2, 0) is 0 Å². The fraction of sp³-hybridized carbons (Fsp3) is 0.364. The van der Waals surface area contributed by atoms with Crippen molar-refractivity contribution in [2.45, 2.75) is 6.92 Å². The number of rotatable bonds is 10. The van der Waals surface area contributed by atoms with Crippen molar-refractivity contribution in [3.05, 3.63) is 60.2 Å². The normalized spacial score (nSPS) is 10.6. The molecule has 2 rings (SSSR count). The van der Waals surface area contributed by atoms with Gasteiger partial charge in [-0.05, 0) is 37.3 Å². The minimum atomic E-state index is -0.145. The number of carbonyl (C=O) groups excluding carboxylic acids is 1. The molecule has 164 valence electrons. The summed E-state index contributed by atoms with van der Waals surface area (Å²) in [5.41, 5.74) is 0.565. The highest BCUT2D eigenvalue weighted by Crippen LogP contribution is 2.12. The van der Waals surface area contributed by atoms with Crippen LogP contribution in [0.1, 0.15) is 17.3 Å². The molecule has 0 aromatic heterocycles. The molecule has 2 aromatic rings. The number of benzene rings is 2. The number of hydrogen-bond donors (Lipinski definition) is 2. The number of ether oxygens (including phenoxy) is 2. The van der Waals surface area contributed by atoms with E-state index >= 15 is 0 Å². The largest absolute Gasteiger partial charge is 0.497 e. The lowest BCUT2D eigenvalue weighted by Gasteiger charge is -2.22. The van der Waals surface area contributed by atoms with Crippen LogP contribution in [0.4, 0.5) is 0 Å². The van der Waals surface area contributed by atoms with E-state index in [1.54, 1.807) is 31.4 Å². The molecule has 0 saturated carbocycles. The minimum Gasteiger partial charge on any atom is -0.497 e. The Bertz CT molecular complexity index is 787. The van der Waals surface area contributed by atoms with E-state index in [1.165, 1.54) is 0 Å². The average molecular weight is 526 g/mol. The van der Waals surface area contributed by atoms with Crippen molar-refractivity contribution in [3.8, 4) is 11.5 Å². The minimum absolute atomic E-state index is 0. The van der Waals surface area contributed by atoms with Gasteiger partial charge in [0.2, 0.25) is 0 Å². The number of nitrogens with zero attached hydrogens (tertiary/aromatic N) is 2. The van der Waals surface area contributed by atoms with Gasteiger partial charge in [0.15, 0.2) is 5.96 Å². The first-order valence-corrected chi connectivity index (χ1v) is 9.73. The van der Waals surface area contributed by atoms with Crippen LogP contribution in [0, 0.1) is 0 Å². The number of hydrogen-bond acceptors (Lipinski definition) is 4. The third kappa shape index (κ3) is 8.89. The van der Waals surface area contributed by atoms with Crippen molar-refractivity contribution < 1.29 is 14.3 Å². The van der Waals surface area contributed by atoms with Gasteiger partial charge in [0, 0.05) is 25.7 Å². The van der Waals surface area contributed by atoms with Crippen LogP contribution in [0.5, 0.6) is 11.5 Å². The zero-order chi connectivity index (χ0) is 20.9. The quantitative estimate of drug-likeness (QED) is 0.216. The van der Waals surface area contributed by atoms with Gasteiger partial charge in [-0.2, -0.15) is 0 Å². The molecule has 0 heterocycles. The van der Waals surface area contributed by atoms with Crippen LogP contribution in [-0.4, -0.2) is 63.7 Å². The average Bonchev–Trinajstić information content (AvgIpc) is 2.76. The first kappa shape index (κ1) is 25.5. The van der Waals surface area contributed by atoms with Crippen molar-refractivity contribution in [2.75, 3.05) is 46.9 Å². The molecule has 7 nitrogen and oxygen atoms in total. The monoisotopic (exact) mass is 526 g/mol. The van der Waals surface area contributed by atoms with E-state index in [4.69, 9.17) is 9.47 Å². The number of halogens is 1. The molecule has 0 aliphatic rings. The van der Waals surface area contributed by atoms with Crippen molar-refractivity contribution >= 4 is 35.8 Å². The molecule has 0 fully saturated rings. The number of carbonyl (C=O) groups is 1. The number of methoxy groups -OCH3 is 1. The van der Waals surface area contributed by atoms with Crippen molar-refractivity contribution in [2.24, 2.45) is 4.99 Å². The Kier molecular flexibility index (Phi) is 12.3. The molecule has 0 bridgehead atoms. The third-order valence-corrected chi connectivity index (χ3v) is 4.13. The summed E-state index contributed by atoms with van der Waals surface area (Å²) in [4.78, 5) is 18.8. The molecule has 0 aliphatic heterocycles. The molecule has 0 aliphatic carbocycles. The first-order valence-electron chi connectivity index (χ1n) is 9.73. The van der Waals surface area contributed by atoms with Crippen LogP contribution in [0.3, 0.4) is 0 Å². The van der Waals surface area contributed by atoms with E-state index in [1.807, 2.05) is 49.2 Å². The summed E-state index contributed by atoms with van der Waals surface area (Å²) in [6.07, 6.45) is 0. The Balaban J connectivity index is 0.00000450. The lowest BCUT2D eigenvalue weighted by Crippen LogP contribution is -2.41. The topological polar surface area (TPSA) is 75.2 Å². The Morgan fingerprint density at radius 2 is 1.80 bits per heavy atom. The molecule has 1 amide bonds. The van der Waals surface area contributed by atoms with Gasteiger partial charge in [-0.25, -0.2) is 0 Å². The predicted molar refractivity (Wildman–Crippen MR) is 131 cm³/mol. The molecule has 0 spiro atoms. The van der Waals surface area contributed by atoms with Gasteiger partial charge in [-0.1, -0.05) is 24.3 Å². The highest BCUT2D eigenvalue weighted by molar-refractivity contribution is 14.0. The third-order valence-electron chi connectivity index (χ3n) is 4.13. The molecule has 0 radical (unpaired) electrons. The second kappa shape index (κ2) is 14.5. The van der Waals surface area contributed by atoms with Gasteiger partial charge in [0.25, 0.3) is 5.91 Å². The molecule has 0 saturated heterocycles. The van der Waals surface area contributed by atoms with Crippen LogP contribution in [0.2, 0.25) is 0 Å². The maximum absolute atomic E-state index is 12.2. The number of likely N-dealkylation sites (N-methyl/N-ethyl adjacent to an activating group) is 1. The molecule has 0 unspecified atom stereocenters. The molecule has 2 aromatic carbocycles. The maximum atomic E-state index is 12.2. The van der Waals surface area contributed by atoms with Crippen LogP contribution in [0.25, 0.3) is 0 Å². The molecular weight excluding hydrogens is 495 g/mol. The summed E-state index contributed by atoms with van der Waals surface area (Å²) in [6, 6.07) is 16.8. The number of nitrogens with one attached hydrogen (secondary N) is 2. The Morgan fingerprint density at radius 3 is 2.50 bits per heavy atom. The standard InChI is InChI=1S/C22H30N4O3.HI/c1-4-23-22(26(2)15-16-29-19-10-6-5-7-11-19)25-14-13-24-21(27)18-9-8-12-20(17-18)28-3;/h5-12,17H,4,13-16H2,1-3H3,(H,23,25)(H,24,27);1H. The fourth-order valence-corrected chi connectivity index (χ4v) is 2.59. The van der Waals surface area contributed by atoms with Gasteiger partial charge in [0.1, 0.15) is 18.1 Å². The van der Waals surface area contributed by atoms with E-state index in [0.29, 0.717) is 37.6 Å². The number of amides is 1. The van der Waals surface area contributed by atoms with E-state index in [-0.39, 0.29) is 29.9 Å². The zero-order valence-electron chi connectivity index (χ0n) is 17.8. The molecular formula is C22H31IN4O3. The van der Waals surface area contributed by atoms with Gasteiger partial charge in [-0.3, -0.25) is 9.79 Å². The highest BCUT2D eigenvalue weighted by Gasteiger charge is 2.07. The Morgan fingerprint density at radius 1 is 1.07 bits per heavy atom. The number of guanidine groups is 1. The maximum Gasteiger partial charge on any atom is 0.251 e. The summed E-state index contributed by atoms with van der Waals surface area (Å²) in [7, 11) is 3.54. The lowest BCUT2D eigenvalue weighted by molar-refractivity contribution is 0.0954. The van der Waals surface area contributed by atoms with E-state index in [2.05, 4.69) is 15.6 Å².